The number of benzene rings is 1. The first-order chi connectivity index (χ1) is 10.2. The second-order valence-corrected chi connectivity index (χ2v) is 6.50. The van der Waals surface area contributed by atoms with Crippen LogP contribution in [0.15, 0.2) is 41.0 Å². The predicted octanol–water partition coefficient (Wildman–Crippen LogP) is 3.58. The SMILES string of the molecule is CCCNCC(Cc1ccc(Br)cc1)Cc1ccn(C)n1. The summed E-state index contributed by atoms with van der Waals surface area (Å²) < 4.78 is 3.02. The first-order valence-electron chi connectivity index (χ1n) is 7.61. The van der Waals surface area contributed by atoms with E-state index in [2.05, 4.69) is 63.6 Å². The maximum atomic E-state index is 4.52. The first-order valence-corrected chi connectivity index (χ1v) is 8.40. The van der Waals surface area contributed by atoms with E-state index in [-0.39, 0.29) is 0 Å². The molecule has 4 heteroatoms. The summed E-state index contributed by atoms with van der Waals surface area (Å²) >= 11 is 3.49. The number of hydrogen-bond acceptors (Lipinski definition) is 2. The number of hydrogen-bond donors (Lipinski definition) is 1. The van der Waals surface area contributed by atoms with E-state index in [1.165, 1.54) is 17.7 Å². The third-order valence-corrected chi connectivity index (χ3v) is 4.09. The van der Waals surface area contributed by atoms with Crippen LogP contribution in [0.3, 0.4) is 0 Å². The van der Waals surface area contributed by atoms with Crippen LogP contribution in [0.2, 0.25) is 0 Å². The molecule has 1 atom stereocenters. The van der Waals surface area contributed by atoms with Gasteiger partial charge in [0.15, 0.2) is 0 Å². The van der Waals surface area contributed by atoms with Crippen molar-refractivity contribution in [1.82, 2.24) is 15.1 Å². The number of aromatic nitrogens is 2. The van der Waals surface area contributed by atoms with E-state index in [1.54, 1.807) is 0 Å². The number of rotatable bonds is 8. The Bertz CT molecular complexity index is 533. The minimum Gasteiger partial charge on any atom is -0.316 e. The minimum absolute atomic E-state index is 0.577. The zero-order valence-corrected chi connectivity index (χ0v) is 14.4. The molecule has 1 aromatic heterocycles. The van der Waals surface area contributed by atoms with Gasteiger partial charge in [0.2, 0.25) is 0 Å². The molecule has 1 unspecified atom stereocenters. The fourth-order valence-corrected chi connectivity index (χ4v) is 2.79. The molecule has 0 aliphatic rings. The normalized spacial score (nSPS) is 12.5. The molecule has 1 aromatic carbocycles. The second-order valence-electron chi connectivity index (χ2n) is 5.59. The highest BCUT2D eigenvalue weighted by molar-refractivity contribution is 9.10. The molecule has 0 fully saturated rings. The van der Waals surface area contributed by atoms with Gasteiger partial charge in [-0.25, -0.2) is 0 Å². The van der Waals surface area contributed by atoms with E-state index in [0.717, 1.165) is 30.4 Å². The third-order valence-electron chi connectivity index (χ3n) is 3.56. The average molecular weight is 350 g/mol. The first kappa shape index (κ1) is 16.2. The zero-order chi connectivity index (χ0) is 15.1. The van der Waals surface area contributed by atoms with Gasteiger partial charge in [0, 0.05) is 17.7 Å². The summed E-state index contributed by atoms with van der Waals surface area (Å²) in [5, 5.41) is 8.07. The summed E-state index contributed by atoms with van der Waals surface area (Å²) in [6, 6.07) is 10.8. The summed E-state index contributed by atoms with van der Waals surface area (Å²) in [4.78, 5) is 0. The lowest BCUT2D eigenvalue weighted by molar-refractivity contribution is 0.464. The van der Waals surface area contributed by atoms with E-state index in [1.807, 2.05) is 17.9 Å². The molecule has 21 heavy (non-hydrogen) atoms. The standard InChI is InChI=1S/C17H24BrN3/c1-3-9-19-13-15(12-17-8-10-21(2)20-17)11-14-4-6-16(18)7-5-14/h4-8,10,15,19H,3,9,11-13H2,1-2H3. The van der Waals surface area contributed by atoms with Gasteiger partial charge in [0.25, 0.3) is 0 Å². The molecule has 0 amide bonds. The van der Waals surface area contributed by atoms with E-state index in [0.29, 0.717) is 5.92 Å². The predicted molar refractivity (Wildman–Crippen MR) is 91.4 cm³/mol. The van der Waals surface area contributed by atoms with Crippen LogP contribution in [0.4, 0.5) is 0 Å². The van der Waals surface area contributed by atoms with E-state index >= 15 is 0 Å². The van der Waals surface area contributed by atoms with Gasteiger partial charge < -0.3 is 5.32 Å². The van der Waals surface area contributed by atoms with Crippen molar-refractivity contribution in [2.24, 2.45) is 13.0 Å². The lowest BCUT2D eigenvalue weighted by atomic mass is 9.94. The van der Waals surface area contributed by atoms with Gasteiger partial charge in [-0.15, -0.1) is 0 Å². The lowest BCUT2D eigenvalue weighted by Gasteiger charge is -2.17. The van der Waals surface area contributed by atoms with Gasteiger partial charge in [0.05, 0.1) is 5.69 Å². The smallest absolute Gasteiger partial charge is 0.0627 e. The number of halogens is 1. The monoisotopic (exact) mass is 349 g/mol. The Balaban J connectivity index is 1.98. The Hall–Kier alpha value is -1.13. The van der Waals surface area contributed by atoms with Crippen molar-refractivity contribution >= 4 is 15.9 Å². The number of aryl methyl sites for hydroxylation is 1. The summed E-state index contributed by atoms with van der Waals surface area (Å²) in [6.07, 6.45) is 5.30. The van der Waals surface area contributed by atoms with Crippen LogP contribution in [0.5, 0.6) is 0 Å². The molecule has 1 N–H and O–H groups in total. The molecule has 2 rings (SSSR count). The fourth-order valence-electron chi connectivity index (χ4n) is 2.52. The van der Waals surface area contributed by atoms with Crippen LogP contribution in [0.25, 0.3) is 0 Å². The van der Waals surface area contributed by atoms with E-state index in [4.69, 9.17) is 0 Å². The molecule has 0 aliphatic carbocycles. The van der Waals surface area contributed by atoms with E-state index in [9.17, 15) is 0 Å². The Morgan fingerprint density at radius 1 is 1.19 bits per heavy atom. The summed E-state index contributed by atoms with van der Waals surface area (Å²) in [5.74, 6) is 0.577. The quantitative estimate of drug-likeness (QED) is 0.738. The summed E-state index contributed by atoms with van der Waals surface area (Å²) in [5.41, 5.74) is 2.57. The fraction of sp³-hybridized carbons (Fsp3) is 0.471. The van der Waals surface area contributed by atoms with Gasteiger partial charge in [-0.3, -0.25) is 4.68 Å². The topological polar surface area (TPSA) is 29.9 Å². The minimum atomic E-state index is 0.577. The molecule has 0 aliphatic heterocycles. The van der Waals surface area contributed by atoms with Crippen LogP contribution >= 0.6 is 15.9 Å². The summed E-state index contributed by atoms with van der Waals surface area (Å²) in [6.45, 7) is 4.33. The van der Waals surface area contributed by atoms with Gasteiger partial charge in [-0.05, 0) is 62.0 Å². The molecule has 0 spiro atoms. The van der Waals surface area contributed by atoms with Gasteiger partial charge in [-0.1, -0.05) is 35.0 Å². The molecule has 1 heterocycles. The van der Waals surface area contributed by atoms with Crippen LogP contribution < -0.4 is 5.32 Å². The molecule has 3 nitrogen and oxygen atoms in total. The zero-order valence-electron chi connectivity index (χ0n) is 12.8. The number of nitrogens with one attached hydrogen (secondary N) is 1. The van der Waals surface area contributed by atoms with Crippen molar-refractivity contribution in [2.75, 3.05) is 13.1 Å². The van der Waals surface area contributed by atoms with Crippen LogP contribution in [0, 0.1) is 5.92 Å². The van der Waals surface area contributed by atoms with Crippen molar-refractivity contribution in [2.45, 2.75) is 26.2 Å². The van der Waals surface area contributed by atoms with Gasteiger partial charge >= 0.3 is 0 Å². The van der Waals surface area contributed by atoms with Crippen molar-refractivity contribution in [3.8, 4) is 0 Å². The maximum Gasteiger partial charge on any atom is 0.0627 e. The number of nitrogens with zero attached hydrogens (tertiary/aromatic N) is 2. The molecular weight excluding hydrogens is 326 g/mol. The molecule has 0 radical (unpaired) electrons. The molecule has 0 bridgehead atoms. The van der Waals surface area contributed by atoms with Gasteiger partial charge in [-0.2, -0.15) is 5.10 Å². The molecular formula is C17H24BrN3. The Kier molecular flexibility index (Phi) is 6.46. The Labute approximate surface area is 135 Å². The van der Waals surface area contributed by atoms with Crippen molar-refractivity contribution in [3.63, 3.8) is 0 Å². The molecule has 114 valence electrons. The largest absolute Gasteiger partial charge is 0.316 e. The highest BCUT2D eigenvalue weighted by Crippen LogP contribution is 2.16. The van der Waals surface area contributed by atoms with Crippen LogP contribution in [0.1, 0.15) is 24.6 Å². The lowest BCUT2D eigenvalue weighted by Crippen LogP contribution is -2.26. The van der Waals surface area contributed by atoms with Crippen molar-refractivity contribution < 1.29 is 0 Å². The Morgan fingerprint density at radius 3 is 2.57 bits per heavy atom. The highest BCUT2D eigenvalue weighted by Gasteiger charge is 2.12. The third kappa shape index (κ3) is 5.64. The molecule has 2 aromatic rings. The van der Waals surface area contributed by atoms with Crippen LogP contribution in [-0.2, 0) is 19.9 Å². The van der Waals surface area contributed by atoms with Crippen molar-refractivity contribution in [3.05, 3.63) is 52.3 Å². The van der Waals surface area contributed by atoms with E-state index < -0.39 is 0 Å². The van der Waals surface area contributed by atoms with Gasteiger partial charge in [0.1, 0.15) is 0 Å². The average Bonchev–Trinajstić information content (AvgIpc) is 2.87. The maximum absolute atomic E-state index is 4.52. The molecule has 0 saturated heterocycles. The highest BCUT2D eigenvalue weighted by atomic mass is 79.9. The Morgan fingerprint density at radius 2 is 1.95 bits per heavy atom. The second kappa shape index (κ2) is 8.35. The van der Waals surface area contributed by atoms with Crippen LogP contribution in [-0.4, -0.2) is 22.9 Å². The summed E-state index contributed by atoms with van der Waals surface area (Å²) in [7, 11) is 1.97. The molecule has 0 saturated carbocycles. The van der Waals surface area contributed by atoms with Crippen molar-refractivity contribution in [1.29, 1.82) is 0 Å².